The van der Waals surface area contributed by atoms with Gasteiger partial charge in [-0.1, -0.05) is 97.1 Å². The molecule has 3 atom stereocenters. The van der Waals surface area contributed by atoms with Gasteiger partial charge in [0.1, 0.15) is 0 Å². The Morgan fingerprint density at radius 2 is 1.39 bits per heavy atom. The van der Waals surface area contributed by atoms with Gasteiger partial charge in [0.2, 0.25) is 0 Å². The van der Waals surface area contributed by atoms with Gasteiger partial charge in [-0.2, -0.15) is 0 Å². The van der Waals surface area contributed by atoms with Crippen molar-refractivity contribution in [2.24, 2.45) is 0 Å². The molecule has 0 bridgehead atoms. The summed E-state index contributed by atoms with van der Waals surface area (Å²) in [6, 6.07) is 40.7. The summed E-state index contributed by atoms with van der Waals surface area (Å²) >= 11 is 0. The number of hydrogen-bond donors (Lipinski definition) is 3. The van der Waals surface area contributed by atoms with Crippen molar-refractivity contribution in [3.8, 4) is 11.1 Å². The van der Waals surface area contributed by atoms with E-state index in [-0.39, 0.29) is 35.5 Å². The van der Waals surface area contributed by atoms with Crippen LogP contribution in [0.1, 0.15) is 46.6 Å². The molecule has 11 heteroatoms. The van der Waals surface area contributed by atoms with E-state index in [1.165, 1.54) is 0 Å². The summed E-state index contributed by atoms with van der Waals surface area (Å²) in [6.45, 7) is 4.94. The maximum absolute atomic E-state index is 12.4. The van der Waals surface area contributed by atoms with Crippen molar-refractivity contribution < 1.29 is 24.3 Å². The predicted molar refractivity (Wildman–Crippen MR) is 208 cm³/mol. The number of non-ortho nitro benzene ring substituents is 1. The molecule has 0 radical (unpaired) electrons. The molecule has 7 rings (SSSR count). The molecular weight excluding hydrogens is 683 g/mol. The Morgan fingerprint density at radius 1 is 0.722 bits per heavy atom. The highest BCUT2D eigenvalue weighted by atomic mass is 16.7. The lowest BCUT2D eigenvalue weighted by Gasteiger charge is -2.41. The third-order valence-electron chi connectivity index (χ3n) is 10.1. The number of anilines is 1. The third kappa shape index (κ3) is 9.49. The fraction of sp³-hybridized carbons (Fsp3) is 0.279. The first-order valence-electron chi connectivity index (χ1n) is 18.4. The van der Waals surface area contributed by atoms with Gasteiger partial charge in [0.25, 0.3) is 5.69 Å². The fourth-order valence-electron chi connectivity index (χ4n) is 7.01. The number of nitro groups is 1. The van der Waals surface area contributed by atoms with E-state index in [9.17, 15) is 20.0 Å². The second-order valence-corrected chi connectivity index (χ2v) is 13.8. The van der Waals surface area contributed by atoms with E-state index in [0.717, 1.165) is 77.4 Å². The number of rotatable bonds is 12. The first-order chi connectivity index (χ1) is 26.4. The zero-order chi connectivity index (χ0) is 37.3. The summed E-state index contributed by atoms with van der Waals surface area (Å²) in [6.07, 6.45) is -0.130. The largest absolute Gasteiger partial charge is 0.392 e. The number of piperazine rings is 1. The molecule has 2 aliphatic heterocycles. The minimum absolute atomic E-state index is 0.0120. The number of ether oxygens (including phenoxy) is 2. The third-order valence-corrected chi connectivity index (χ3v) is 10.1. The Bertz CT molecular complexity index is 1980. The zero-order valence-corrected chi connectivity index (χ0v) is 30.1. The number of nitro benzene ring substituents is 1. The molecule has 2 heterocycles. The van der Waals surface area contributed by atoms with Crippen LogP contribution >= 0.6 is 0 Å². The average molecular weight is 728 g/mol. The quantitative estimate of drug-likeness (QED) is 0.0916. The van der Waals surface area contributed by atoms with Gasteiger partial charge in [0.05, 0.1) is 23.7 Å². The van der Waals surface area contributed by atoms with E-state index in [4.69, 9.17) is 9.47 Å². The first kappa shape index (κ1) is 36.8. The van der Waals surface area contributed by atoms with Crippen molar-refractivity contribution >= 4 is 17.4 Å². The minimum atomic E-state index is -0.563. The number of aliphatic hydroxyl groups is 1. The zero-order valence-electron chi connectivity index (χ0n) is 30.1. The number of amides is 2. The lowest BCUT2D eigenvalue weighted by Crippen LogP contribution is -2.49. The van der Waals surface area contributed by atoms with Crippen LogP contribution in [0.15, 0.2) is 127 Å². The standard InChI is InChI=1S/C43H45N5O6/c49-30-32-9-11-35(12-10-32)41-26-40(29-46-21-23-47(24-22-46)38-17-19-39(20-18-38)48(51)52)53-42(54-41)36-15-13-34(14-16-36)37-8-4-7-33(25-37)28-45-43(50)44-27-31-5-2-1-3-6-31/h1-20,25,40-42,49H,21-24,26-30H2,(H2,44,45,50)/t40-,41+,42+/m1/s1. The van der Waals surface area contributed by atoms with E-state index < -0.39 is 6.29 Å². The lowest BCUT2D eigenvalue weighted by molar-refractivity contribution is -0.384. The van der Waals surface area contributed by atoms with Crippen LogP contribution in [-0.4, -0.2) is 59.8 Å². The van der Waals surface area contributed by atoms with Crippen LogP contribution in [0.25, 0.3) is 11.1 Å². The predicted octanol–water partition coefficient (Wildman–Crippen LogP) is 7.12. The Kier molecular flexibility index (Phi) is 11.9. The van der Waals surface area contributed by atoms with Gasteiger partial charge >= 0.3 is 6.03 Å². The second kappa shape index (κ2) is 17.5. The molecule has 0 unspecified atom stereocenters. The minimum Gasteiger partial charge on any atom is -0.392 e. The number of benzene rings is 5. The van der Waals surface area contributed by atoms with Crippen molar-refractivity contribution in [1.82, 2.24) is 15.5 Å². The molecule has 2 aliphatic rings. The highest BCUT2D eigenvalue weighted by molar-refractivity contribution is 5.74. The van der Waals surface area contributed by atoms with Crippen LogP contribution in [0, 0.1) is 10.1 Å². The monoisotopic (exact) mass is 727 g/mol. The summed E-state index contributed by atoms with van der Waals surface area (Å²) in [4.78, 5) is 27.8. The summed E-state index contributed by atoms with van der Waals surface area (Å²) < 4.78 is 13.3. The van der Waals surface area contributed by atoms with E-state index in [0.29, 0.717) is 19.5 Å². The van der Waals surface area contributed by atoms with Crippen molar-refractivity contribution in [2.45, 2.75) is 44.6 Å². The van der Waals surface area contributed by atoms with Crippen LogP contribution in [0.2, 0.25) is 0 Å². The number of hydrogen-bond acceptors (Lipinski definition) is 8. The molecule has 278 valence electrons. The Labute approximate surface area is 315 Å². The molecule has 2 amide bonds. The number of nitrogens with one attached hydrogen (secondary N) is 2. The fourth-order valence-corrected chi connectivity index (χ4v) is 7.01. The number of nitrogens with zero attached hydrogens (tertiary/aromatic N) is 3. The van der Waals surface area contributed by atoms with E-state index in [1.54, 1.807) is 12.1 Å². The summed E-state index contributed by atoms with van der Waals surface area (Å²) in [7, 11) is 0. The number of carbonyl (C=O) groups excluding carboxylic acids is 1. The Hall–Kier alpha value is -5.59. The van der Waals surface area contributed by atoms with Crippen molar-refractivity contribution in [1.29, 1.82) is 0 Å². The highest BCUT2D eigenvalue weighted by Crippen LogP contribution is 2.39. The molecule has 2 saturated heterocycles. The molecule has 5 aromatic carbocycles. The van der Waals surface area contributed by atoms with Gasteiger partial charge in [-0.3, -0.25) is 15.0 Å². The van der Waals surface area contributed by atoms with Crippen molar-refractivity contribution in [3.63, 3.8) is 0 Å². The molecule has 11 nitrogen and oxygen atoms in total. The Balaban J connectivity index is 0.988. The maximum atomic E-state index is 12.4. The van der Waals surface area contributed by atoms with Gasteiger partial charge in [-0.25, -0.2) is 4.79 Å². The molecular formula is C43H45N5O6. The van der Waals surface area contributed by atoms with Crippen molar-refractivity contribution in [3.05, 3.63) is 165 Å². The molecule has 0 spiro atoms. The molecule has 0 aromatic heterocycles. The highest BCUT2D eigenvalue weighted by Gasteiger charge is 2.34. The molecule has 2 fully saturated rings. The lowest BCUT2D eigenvalue weighted by atomic mass is 9.98. The summed E-state index contributed by atoms with van der Waals surface area (Å²) in [5.41, 5.74) is 8.04. The van der Waals surface area contributed by atoms with Crippen LogP contribution < -0.4 is 15.5 Å². The van der Waals surface area contributed by atoms with Gasteiger partial charge in [-0.15, -0.1) is 0 Å². The molecule has 54 heavy (non-hydrogen) atoms. The summed E-state index contributed by atoms with van der Waals surface area (Å²) in [5, 5.41) is 26.5. The normalized spacial score (nSPS) is 18.9. The smallest absolute Gasteiger partial charge is 0.315 e. The SMILES string of the molecule is O=C(NCc1ccccc1)NCc1cccc(-c2ccc([C@H]3O[C@@H](CN4CCN(c5ccc([N+](=O)[O-])cc5)CC4)C[C@@H](c4ccc(CO)cc4)O3)cc2)c1. The van der Waals surface area contributed by atoms with Crippen LogP contribution in [0.3, 0.4) is 0 Å². The van der Waals surface area contributed by atoms with Gasteiger partial charge in [0, 0.05) is 75.6 Å². The molecule has 0 aliphatic carbocycles. The van der Waals surface area contributed by atoms with Gasteiger partial charge in [0.15, 0.2) is 6.29 Å². The van der Waals surface area contributed by atoms with Crippen LogP contribution in [0.4, 0.5) is 16.2 Å². The summed E-state index contributed by atoms with van der Waals surface area (Å²) in [5.74, 6) is 0. The number of aliphatic hydroxyl groups excluding tert-OH is 1. The Morgan fingerprint density at radius 3 is 2.07 bits per heavy atom. The van der Waals surface area contributed by atoms with E-state index in [2.05, 4.69) is 56.8 Å². The second-order valence-electron chi connectivity index (χ2n) is 13.8. The van der Waals surface area contributed by atoms with E-state index >= 15 is 0 Å². The van der Waals surface area contributed by atoms with Crippen molar-refractivity contribution in [2.75, 3.05) is 37.6 Å². The first-order valence-corrected chi connectivity index (χ1v) is 18.4. The van der Waals surface area contributed by atoms with Crippen LogP contribution in [-0.2, 0) is 29.2 Å². The molecule has 0 saturated carbocycles. The number of urea groups is 1. The topological polar surface area (TPSA) is 129 Å². The van der Waals surface area contributed by atoms with Gasteiger partial charge in [-0.05, 0) is 51.6 Å². The van der Waals surface area contributed by atoms with E-state index in [1.807, 2.05) is 78.9 Å². The molecule has 5 aromatic rings. The number of carbonyl (C=O) groups is 1. The molecule has 3 N–H and O–H groups in total. The van der Waals surface area contributed by atoms with Crippen LogP contribution in [0.5, 0.6) is 0 Å². The van der Waals surface area contributed by atoms with Gasteiger partial charge < -0.3 is 30.1 Å². The average Bonchev–Trinajstić information content (AvgIpc) is 3.23. The maximum Gasteiger partial charge on any atom is 0.315 e.